The van der Waals surface area contributed by atoms with Crippen LogP contribution < -0.4 is 5.32 Å². The molecule has 0 radical (unpaired) electrons. The van der Waals surface area contributed by atoms with Gasteiger partial charge in [0.05, 0.1) is 23.6 Å². The van der Waals surface area contributed by atoms with E-state index in [1.807, 2.05) is 18.3 Å². The number of hydrogen-bond acceptors (Lipinski definition) is 6. The normalized spacial score (nSPS) is 23.0. The van der Waals surface area contributed by atoms with Crippen LogP contribution in [-0.2, 0) is 16.1 Å². The Balaban J connectivity index is 1.36. The maximum atomic E-state index is 12.8. The number of likely N-dealkylation sites (tertiary alicyclic amines) is 1. The summed E-state index contributed by atoms with van der Waals surface area (Å²) in [5.41, 5.74) is 3.21. The van der Waals surface area contributed by atoms with Gasteiger partial charge in [-0.25, -0.2) is 4.68 Å². The summed E-state index contributed by atoms with van der Waals surface area (Å²) in [6.45, 7) is 4.68. The van der Waals surface area contributed by atoms with Gasteiger partial charge in [0.15, 0.2) is 0 Å². The molecule has 3 amide bonds. The molecule has 2 fully saturated rings. The molecule has 9 nitrogen and oxygen atoms in total. The summed E-state index contributed by atoms with van der Waals surface area (Å²) in [5, 5.41) is 11.0. The number of imide groups is 1. The second-order valence-electron chi connectivity index (χ2n) is 8.25. The third-order valence-corrected chi connectivity index (χ3v) is 6.40. The van der Waals surface area contributed by atoms with Gasteiger partial charge in [-0.2, -0.15) is 0 Å². The minimum atomic E-state index is -0.606. The van der Waals surface area contributed by atoms with E-state index in [4.69, 9.17) is 0 Å². The molecule has 1 aromatic heterocycles. The number of benzene rings is 1. The number of amides is 3. The lowest BCUT2D eigenvalue weighted by atomic mass is 10.0. The molecule has 0 aliphatic carbocycles. The van der Waals surface area contributed by atoms with Crippen LogP contribution in [0.5, 0.6) is 0 Å². The van der Waals surface area contributed by atoms with Gasteiger partial charge in [0.2, 0.25) is 11.8 Å². The van der Waals surface area contributed by atoms with Gasteiger partial charge in [-0.05, 0) is 63.0 Å². The van der Waals surface area contributed by atoms with Crippen molar-refractivity contribution in [2.75, 3.05) is 13.1 Å². The number of rotatable bonds is 4. The molecule has 5 rings (SSSR count). The number of aromatic nitrogens is 3. The SMILES string of the molecule is CC(c1cn(-c2ccc3c(c2)CN(C2CCC(=O)NC2=O)C3=O)nn1)N1CCCC1. The van der Waals surface area contributed by atoms with Crippen LogP contribution in [0.3, 0.4) is 0 Å². The highest BCUT2D eigenvalue weighted by Crippen LogP contribution is 2.29. The minimum Gasteiger partial charge on any atom is -0.322 e. The van der Waals surface area contributed by atoms with Gasteiger partial charge < -0.3 is 4.90 Å². The Morgan fingerprint density at radius 2 is 1.97 bits per heavy atom. The van der Waals surface area contributed by atoms with Gasteiger partial charge in [-0.15, -0.1) is 5.10 Å². The van der Waals surface area contributed by atoms with Crippen molar-refractivity contribution in [3.63, 3.8) is 0 Å². The van der Waals surface area contributed by atoms with Gasteiger partial charge in [0.25, 0.3) is 5.91 Å². The topological polar surface area (TPSA) is 100 Å². The molecule has 2 atom stereocenters. The fourth-order valence-corrected chi connectivity index (χ4v) is 4.61. The standard InChI is InChI=1S/C21H24N6O3/c1-13(25-8-2-3-9-25)17-12-27(24-23-17)15-4-5-16-14(10-15)11-26(21(16)30)18-6-7-19(28)22-20(18)29/h4-5,10,12-13,18H,2-3,6-9,11H2,1H3,(H,22,28,29). The summed E-state index contributed by atoms with van der Waals surface area (Å²) in [6, 6.07) is 5.18. The summed E-state index contributed by atoms with van der Waals surface area (Å²) in [5.74, 6) is -0.856. The molecule has 3 aliphatic rings. The number of nitrogens with one attached hydrogen (secondary N) is 1. The van der Waals surface area contributed by atoms with E-state index in [1.54, 1.807) is 15.6 Å². The van der Waals surface area contributed by atoms with Crippen LogP contribution in [0, 0.1) is 0 Å². The van der Waals surface area contributed by atoms with Crippen LogP contribution in [0.15, 0.2) is 24.4 Å². The molecule has 0 saturated carbocycles. The van der Waals surface area contributed by atoms with E-state index in [-0.39, 0.29) is 24.3 Å². The van der Waals surface area contributed by atoms with Gasteiger partial charge in [-0.1, -0.05) is 5.21 Å². The first-order valence-corrected chi connectivity index (χ1v) is 10.5. The highest BCUT2D eigenvalue weighted by Gasteiger charge is 2.39. The lowest BCUT2D eigenvalue weighted by Gasteiger charge is -2.29. The monoisotopic (exact) mass is 408 g/mol. The lowest BCUT2D eigenvalue weighted by Crippen LogP contribution is -2.52. The summed E-state index contributed by atoms with van der Waals surface area (Å²) in [6.07, 6.45) is 5.00. The number of carbonyl (C=O) groups is 3. The third-order valence-electron chi connectivity index (χ3n) is 6.40. The summed E-state index contributed by atoms with van der Waals surface area (Å²) in [4.78, 5) is 40.4. The van der Waals surface area contributed by atoms with E-state index < -0.39 is 11.9 Å². The first-order valence-electron chi connectivity index (χ1n) is 10.5. The van der Waals surface area contributed by atoms with Crippen molar-refractivity contribution in [1.29, 1.82) is 0 Å². The molecule has 4 heterocycles. The van der Waals surface area contributed by atoms with Crippen molar-refractivity contribution in [1.82, 2.24) is 30.1 Å². The molecule has 30 heavy (non-hydrogen) atoms. The predicted molar refractivity (Wildman–Crippen MR) is 107 cm³/mol. The molecule has 2 unspecified atom stereocenters. The Kier molecular flexibility index (Phi) is 4.62. The molecule has 0 bridgehead atoms. The third kappa shape index (κ3) is 3.19. The first-order chi connectivity index (χ1) is 14.5. The van der Waals surface area contributed by atoms with E-state index in [2.05, 4.69) is 27.5 Å². The van der Waals surface area contributed by atoms with Crippen molar-refractivity contribution in [2.24, 2.45) is 0 Å². The van der Waals surface area contributed by atoms with Gasteiger partial charge in [0, 0.05) is 18.5 Å². The number of carbonyl (C=O) groups excluding carboxylic acids is 3. The average Bonchev–Trinajstić information content (AvgIpc) is 3.48. The van der Waals surface area contributed by atoms with Crippen molar-refractivity contribution < 1.29 is 14.4 Å². The molecule has 1 aromatic carbocycles. The van der Waals surface area contributed by atoms with Gasteiger partial charge >= 0.3 is 0 Å². The van der Waals surface area contributed by atoms with Crippen LogP contribution in [-0.4, -0.2) is 61.6 Å². The molecule has 1 N–H and O–H groups in total. The van der Waals surface area contributed by atoms with E-state index in [0.29, 0.717) is 18.5 Å². The highest BCUT2D eigenvalue weighted by molar-refractivity contribution is 6.05. The lowest BCUT2D eigenvalue weighted by molar-refractivity contribution is -0.136. The molecular formula is C21H24N6O3. The largest absolute Gasteiger partial charge is 0.322 e. The van der Waals surface area contributed by atoms with Crippen LogP contribution in [0.25, 0.3) is 5.69 Å². The fraction of sp³-hybridized carbons (Fsp3) is 0.476. The van der Waals surface area contributed by atoms with E-state index >= 15 is 0 Å². The molecular weight excluding hydrogens is 384 g/mol. The second-order valence-corrected chi connectivity index (χ2v) is 8.25. The van der Waals surface area contributed by atoms with Crippen molar-refractivity contribution >= 4 is 17.7 Å². The van der Waals surface area contributed by atoms with Crippen molar-refractivity contribution in [3.05, 3.63) is 41.2 Å². The predicted octanol–water partition coefficient (Wildman–Crippen LogP) is 1.19. The van der Waals surface area contributed by atoms with Crippen LogP contribution in [0.2, 0.25) is 0 Å². The first kappa shape index (κ1) is 18.9. The zero-order valence-electron chi connectivity index (χ0n) is 16.9. The second kappa shape index (κ2) is 7.32. The van der Waals surface area contributed by atoms with Gasteiger partial charge in [-0.3, -0.25) is 24.6 Å². The van der Waals surface area contributed by atoms with E-state index in [1.165, 1.54) is 12.8 Å². The molecule has 2 aromatic rings. The van der Waals surface area contributed by atoms with Crippen LogP contribution in [0.4, 0.5) is 0 Å². The number of nitrogens with zero attached hydrogens (tertiary/aromatic N) is 5. The zero-order chi connectivity index (χ0) is 20.8. The van der Waals surface area contributed by atoms with Crippen molar-refractivity contribution in [3.8, 4) is 5.69 Å². The number of hydrogen-bond donors (Lipinski definition) is 1. The molecule has 156 valence electrons. The molecule has 3 aliphatic heterocycles. The average molecular weight is 408 g/mol. The molecule has 9 heteroatoms. The van der Waals surface area contributed by atoms with E-state index in [9.17, 15) is 14.4 Å². The Morgan fingerprint density at radius 1 is 1.17 bits per heavy atom. The maximum absolute atomic E-state index is 12.8. The Bertz CT molecular complexity index is 1030. The Morgan fingerprint density at radius 3 is 2.73 bits per heavy atom. The van der Waals surface area contributed by atoms with Crippen molar-refractivity contribution in [2.45, 2.75) is 51.2 Å². The highest BCUT2D eigenvalue weighted by atomic mass is 16.2. The summed E-state index contributed by atoms with van der Waals surface area (Å²) in [7, 11) is 0. The summed E-state index contributed by atoms with van der Waals surface area (Å²) < 4.78 is 1.74. The Labute approximate surface area is 174 Å². The van der Waals surface area contributed by atoms with Crippen LogP contribution in [0.1, 0.15) is 60.3 Å². The number of fused-ring (bicyclic) bond motifs is 1. The van der Waals surface area contributed by atoms with Gasteiger partial charge in [0.1, 0.15) is 6.04 Å². The molecule has 2 saturated heterocycles. The number of piperidine rings is 1. The zero-order valence-corrected chi connectivity index (χ0v) is 16.9. The summed E-state index contributed by atoms with van der Waals surface area (Å²) >= 11 is 0. The quantitative estimate of drug-likeness (QED) is 0.763. The molecule has 0 spiro atoms. The van der Waals surface area contributed by atoms with Crippen LogP contribution >= 0.6 is 0 Å². The fourth-order valence-electron chi connectivity index (χ4n) is 4.61. The Hall–Kier alpha value is -3.07. The smallest absolute Gasteiger partial charge is 0.255 e. The van der Waals surface area contributed by atoms with E-state index in [0.717, 1.165) is 30.0 Å². The minimum absolute atomic E-state index is 0.173. The maximum Gasteiger partial charge on any atom is 0.255 e.